The Kier molecular flexibility index (Phi) is 4.19. The summed E-state index contributed by atoms with van der Waals surface area (Å²) in [6.07, 6.45) is 1.69. The van der Waals surface area contributed by atoms with Crippen LogP contribution in [0.2, 0.25) is 0 Å². The number of amides is 1. The summed E-state index contributed by atoms with van der Waals surface area (Å²) in [5, 5.41) is 2.95. The molecule has 0 aliphatic rings. The Balaban J connectivity index is 1.52. The summed E-state index contributed by atoms with van der Waals surface area (Å²) >= 11 is 0. The van der Waals surface area contributed by atoms with E-state index in [9.17, 15) is 4.79 Å². The first-order valence-electron chi connectivity index (χ1n) is 8.43. The predicted molar refractivity (Wildman–Crippen MR) is 103 cm³/mol. The van der Waals surface area contributed by atoms with Gasteiger partial charge in [-0.1, -0.05) is 30.3 Å². The van der Waals surface area contributed by atoms with Gasteiger partial charge >= 0.3 is 0 Å². The van der Waals surface area contributed by atoms with E-state index in [4.69, 9.17) is 0 Å². The van der Waals surface area contributed by atoms with Gasteiger partial charge < -0.3 is 9.88 Å². The van der Waals surface area contributed by atoms with Crippen molar-refractivity contribution in [1.29, 1.82) is 0 Å². The van der Waals surface area contributed by atoms with Gasteiger partial charge in [0.15, 0.2) is 0 Å². The summed E-state index contributed by atoms with van der Waals surface area (Å²) in [5.74, 6) is -0.0949. The average molecular weight is 342 g/mol. The van der Waals surface area contributed by atoms with E-state index in [0.29, 0.717) is 0 Å². The van der Waals surface area contributed by atoms with E-state index in [2.05, 4.69) is 15.3 Å². The van der Waals surface area contributed by atoms with Gasteiger partial charge in [-0.25, -0.2) is 4.98 Å². The Labute approximate surface area is 151 Å². The molecule has 0 fully saturated rings. The minimum Gasteiger partial charge on any atom is -0.325 e. The number of benzene rings is 2. The lowest BCUT2D eigenvalue weighted by Crippen LogP contribution is -2.18. The van der Waals surface area contributed by atoms with Gasteiger partial charge in [0.2, 0.25) is 5.91 Å². The fourth-order valence-corrected chi connectivity index (χ4v) is 2.95. The number of nitrogens with one attached hydrogen (secondary N) is 1. The van der Waals surface area contributed by atoms with Crippen molar-refractivity contribution in [3.63, 3.8) is 0 Å². The number of fused-ring (bicyclic) bond motifs is 1. The van der Waals surface area contributed by atoms with E-state index in [1.807, 2.05) is 78.2 Å². The monoisotopic (exact) mass is 342 g/mol. The number of aryl methyl sites for hydroxylation is 1. The third kappa shape index (κ3) is 3.32. The van der Waals surface area contributed by atoms with Crippen LogP contribution in [0.4, 0.5) is 5.69 Å². The van der Waals surface area contributed by atoms with Crippen molar-refractivity contribution in [2.24, 2.45) is 0 Å². The first-order valence-corrected chi connectivity index (χ1v) is 8.43. The van der Waals surface area contributed by atoms with Gasteiger partial charge in [0.25, 0.3) is 0 Å². The van der Waals surface area contributed by atoms with Crippen molar-refractivity contribution >= 4 is 22.6 Å². The number of imidazole rings is 1. The van der Waals surface area contributed by atoms with Crippen LogP contribution in [0.5, 0.6) is 0 Å². The maximum absolute atomic E-state index is 12.5. The molecule has 0 saturated heterocycles. The summed E-state index contributed by atoms with van der Waals surface area (Å²) in [7, 11) is 0. The molecule has 2 heterocycles. The molecule has 4 rings (SSSR count). The highest BCUT2D eigenvalue weighted by atomic mass is 16.1. The summed E-state index contributed by atoms with van der Waals surface area (Å²) in [6.45, 7) is 2.18. The second kappa shape index (κ2) is 6.80. The molecule has 26 heavy (non-hydrogen) atoms. The SMILES string of the molecule is Cc1cccc(-c2cccc(NC(=O)Cn3cnc4ccccc43)c2)n1. The highest BCUT2D eigenvalue weighted by molar-refractivity contribution is 5.92. The molecule has 5 heteroatoms. The first-order chi connectivity index (χ1) is 12.7. The number of aromatic nitrogens is 3. The van der Waals surface area contributed by atoms with Crippen molar-refractivity contribution in [1.82, 2.24) is 14.5 Å². The molecule has 0 spiro atoms. The van der Waals surface area contributed by atoms with Crippen LogP contribution < -0.4 is 5.32 Å². The third-order valence-corrected chi connectivity index (χ3v) is 4.17. The largest absolute Gasteiger partial charge is 0.325 e. The molecule has 4 aromatic rings. The molecular formula is C21H18N4O. The van der Waals surface area contributed by atoms with Gasteiger partial charge in [-0.05, 0) is 43.3 Å². The van der Waals surface area contributed by atoms with Crippen LogP contribution in [0.15, 0.2) is 73.1 Å². The molecule has 0 radical (unpaired) electrons. The van der Waals surface area contributed by atoms with Gasteiger partial charge in [-0.2, -0.15) is 0 Å². The van der Waals surface area contributed by atoms with Gasteiger partial charge in [0, 0.05) is 16.9 Å². The minimum absolute atomic E-state index is 0.0949. The zero-order valence-corrected chi connectivity index (χ0v) is 14.4. The molecule has 2 aromatic carbocycles. The second-order valence-corrected chi connectivity index (χ2v) is 6.15. The van der Waals surface area contributed by atoms with Crippen LogP contribution in [-0.4, -0.2) is 20.4 Å². The van der Waals surface area contributed by atoms with E-state index < -0.39 is 0 Å². The van der Waals surface area contributed by atoms with Crippen molar-refractivity contribution in [2.45, 2.75) is 13.5 Å². The Hall–Kier alpha value is -3.47. The molecule has 1 amide bonds. The number of anilines is 1. The molecule has 0 atom stereocenters. The normalized spacial score (nSPS) is 10.8. The molecule has 0 aliphatic heterocycles. The molecule has 128 valence electrons. The standard InChI is InChI=1S/C21H18N4O/c1-15-6-4-10-18(23-15)16-7-5-8-17(12-16)24-21(26)13-25-14-22-19-9-2-3-11-20(19)25/h2-12,14H,13H2,1H3,(H,24,26). The predicted octanol–water partition coefficient (Wildman–Crippen LogP) is 4.05. The number of pyridine rings is 1. The number of nitrogens with zero attached hydrogens (tertiary/aromatic N) is 3. The molecule has 1 N–H and O–H groups in total. The summed E-state index contributed by atoms with van der Waals surface area (Å²) in [6, 6.07) is 21.4. The highest BCUT2D eigenvalue weighted by Crippen LogP contribution is 2.21. The molecule has 2 aromatic heterocycles. The smallest absolute Gasteiger partial charge is 0.244 e. The molecule has 0 bridgehead atoms. The topological polar surface area (TPSA) is 59.8 Å². The number of hydrogen-bond donors (Lipinski definition) is 1. The van der Waals surface area contributed by atoms with Crippen molar-refractivity contribution in [3.05, 3.63) is 78.8 Å². The number of rotatable bonds is 4. The quantitative estimate of drug-likeness (QED) is 0.609. The Bertz CT molecular complexity index is 1080. The van der Waals surface area contributed by atoms with Crippen LogP contribution in [0.25, 0.3) is 22.3 Å². The summed E-state index contributed by atoms with van der Waals surface area (Å²) in [4.78, 5) is 21.3. The van der Waals surface area contributed by atoms with Gasteiger partial charge in [-0.3, -0.25) is 9.78 Å². The van der Waals surface area contributed by atoms with Crippen LogP contribution in [0, 0.1) is 6.92 Å². The van der Waals surface area contributed by atoms with E-state index in [1.54, 1.807) is 6.33 Å². The van der Waals surface area contributed by atoms with Crippen molar-refractivity contribution < 1.29 is 4.79 Å². The maximum atomic E-state index is 12.5. The zero-order chi connectivity index (χ0) is 17.9. The van der Waals surface area contributed by atoms with Crippen LogP contribution >= 0.6 is 0 Å². The number of hydrogen-bond acceptors (Lipinski definition) is 3. The van der Waals surface area contributed by atoms with Gasteiger partial charge in [0.1, 0.15) is 6.54 Å². The minimum atomic E-state index is -0.0949. The van der Waals surface area contributed by atoms with Crippen LogP contribution in [-0.2, 0) is 11.3 Å². The first kappa shape index (κ1) is 16.0. The summed E-state index contributed by atoms with van der Waals surface area (Å²) < 4.78 is 1.84. The Morgan fingerprint density at radius 2 is 1.88 bits per heavy atom. The zero-order valence-electron chi connectivity index (χ0n) is 14.4. The molecule has 5 nitrogen and oxygen atoms in total. The molecule has 0 aliphatic carbocycles. The lowest BCUT2D eigenvalue weighted by Gasteiger charge is -2.09. The van der Waals surface area contributed by atoms with Gasteiger partial charge in [-0.15, -0.1) is 0 Å². The number of para-hydroxylation sites is 2. The number of carbonyl (C=O) groups is 1. The van der Waals surface area contributed by atoms with Crippen LogP contribution in [0.3, 0.4) is 0 Å². The van der Waals surface area contributed by atoms with Crippen molar-refractivity contribution in [3.8, 4) is 11.3 Å². The molecular weight excluding hydrogens is 324 g/mol. The fourth-order valence-electron chi connectivity index (χ4n) is 2.95. The van der Waals surface area contributed by atoms with Crippen molar-refractivity contribution in [2.75, 3.05) is 5.32 Å². The lowest BCUT2D eigenvalue weighted by molar-refractivity contribution is -0.116. The third-order valence-electron chi connectivity index (χ3n) is 4.17. The Morgan fingerprint density at radius 3 is 2.77 bits per heavy atom. The molecule has 0 saturated carbocycles. The fraction of sp³-hybridized carbons (Fsp3) is 0.0952. The Morgan fingerprint density at radius 1 is 1.04 bits per heavy atom. The second-order valence-electron chi connectivity index (χ2n) is 6.15. The lowest BCUT2D eigenvalue weighted by atomic mass is 10.1. The molecule has 0 unspecified atom stereocenters. The number of carbonyl (C=O) groups excluding carboxylic acids is 1. The van der Waals surface area contributed by atoms with E-state index in [0.717, 1.165) is 33.7 Å². The van der Waals surface area contributed by atoms with E-state index in [1.165, 1.54) is 0 Å². The maximum Gasteiger partial charge on any atom is 0.244 e. The van der Waals surface area contributed by atoms with E-state index >= 15 is 0 Å². The van der Waals surface area contributed by atoms with Gasteiger partial charge in [0.05, 0.1) is 23.1 Å². The highest BCUT2D eigenvalue weighted by Gasteiger charge is 2.08. The summed E-state index contributed by atoms with van der Waals surface area (Å²) in [5.41, 5.74) is 5.40. The van der Waals surface area contributed by atoms with E-state index in [-0.39, 0.29) is 12.5 Å². The average Bonchev–Trinajstić information content (AvgIpc) is 3.05. The van der Waals surface area contributed by atoms with Crippen LogP contribution in [0.1, 0.15) is 5.69 Å².